The van der Waals surface area contributed by atoms with Gasteiger partial charge >= 0.3 is 0 Å². The van der Waals surface area contributed by atoms with Gasteiger partial charge in [-0.3, -0.25) is 9.59 Å². The third-order valence-electron chi connectivity index (χ3n) is 2.79. The van der Waals surface area contributed by atoms with E-state index in [1.54, 1.807) is 0 Å². The zero-order valence-corrected chi connectivity index (χ0v) is 12.0. The number of fused-ring (bicyclic) bond motifs is 1. The summed E-state index contributed by atoms with van der Waals surface area (Å²) in [7, 11) is 0. The molecule has 0 radical (unpaired) electrons. The van der Waals surface area contributed by atoms with Gasteiger partial charge in [0.05, 0.1) is 17.9 Å². The van der Waals surface area contributed by atoms with Gasteiger partial charge in [-0.2, -0.15) is 0 Å². The summed E-state index contributed by atoms with van der Waals surface area (Å²) in [6.07, 6.45) is 0.887. The van der Waals surface area contributed by atoms with E-state index in [-0.39, 0.29) is 12.1 Å². The van der Waals surface area contributed by atoms with Crippen LogP contribution >= 0.6 is 15.9 Å². The summed E-state index contributed by atoms with van der Waals surface area (Å²) in [5, 5.41) is 0. The third kappa shape index (κ3) is 2.69. The van der Waals surface area contributed by atoms with Crippen LogP contribution in [0.25, 0.3) is 0 Å². The zero-order valence-electron chi connectivity index (χ0n) is 10.4. The average molecular weight is 330 g/mol. The van der Waals surface area contributed by atoms with Crippen LogP contribution in [0.15, 0.2) is 16.6 Å². The fraction of sp³-hybridized carbons (Fsp3) is 0.385. The Morgan fingerprint density at radius 3 is 2.74 bits per heavy atom. The van der Waals surface area contributed by atoms with Crippen LogP contribution in [0.3, 0.4) is 0 Å². The molecule has 6 heteroatoms. The Bertz CT molecular complexity index is 533. The SMILES string of the molecule is CCCOCCN1C(=O)C(=O)c2cc(F)cc(Br)c21. The number of rotatable bonds is 5. The predicted octanol–water partition coefficient (Wildman–Crippen LogP) is 2.54. The van der Waals surface area contributed by atoms with Crippen LogP contribution in [-0.4, -0.2) is 31.4 Å². The van der Waals surface area contributed by atoms with Gasteiger partial charge in [0.1, 0.15) is 5.82 Å². The van der Waals surface area contributed by atoms with Gasteiger partial charge in [0, 0.05) is 17.6 Å². The average Bonchev–Trinajstić information content (AvgIpc) is 2.60. The van der Waals surface area contributed by atoms with Crippen molar-refractivity contribution in [1.82, 2.24) is 0 Å². The Hall–Kier alpha value is -1.27. The number of halogens is 2. The number of nitrogens with zero attached hydrogens (tertiary/aromatic N) is 1. The predicted molar refractivity (Wildman–Crippen MR) is 71.9 cm³/mol. The monoisotopic (exact) mass is 329 g/mol. The van der Waals surface area contributed by atoms with Crippen molar-refractivity contribution in [2.75, 3.05) is 24.7 Å². The molecule has 0 bridgehead atoms. The first-order chi connectivity index (χ1) is 9.06. The molecule has 2 rings (SSSR count). The minimum atomic E-state index is -0.675. The first-order valence-electron chi connectivity index (χ1n) is 5.99. The zero-order chi connectivity index (χ0) is 14.0. The molecule has 0 aliphatic carbocycles. The van der Waals surface area contributed by atoms with E-state index in [1.165, 1.54) is 11.0 Å². The Kier molecular flexibility index (Phi) is 4.31. The van der Waals surface area contributed by atoms with Gasteiger partial charge in [-0.15, -0.1) is 0 Å². The second kappa shape index (κ2) is 5.79. The Morgan fingerprint density at radius 1 is 1.32 bits per heavy atom. The van der Waals surface area contributed by atoms with Crippen molar-refractivity contribution < 1.29 is 18.7 Å². The molecule has 0 spiro atoms. The van der Waals surface area contributed by atoms with Crippen molar-refractivity contribution >= 4 is 33.3 Å². The van der Waals surface area contributed by atoms with E-state index < -0.39 is 17.5 Å². The van der Waals surface area contributed by atoms with E-state index >= 15 is 0 Å². The molecule has 0 unspecified atom stereocenters. The summed E-state index contributed by atoms with van der Waals surface area (Å²) in [6, 6.07) is 2.33. The molecule has 0 saturated heterocycles. The van der Waals surface area contributed by atoms with Gasteiger partial charge in [0.25, 0.3) is 11.7 Å². The van der Waals surface area contributed by atoms with E-state index in [4.69, 9.17) is 4.74 Å². The van der Waals surface area contributed by atoms with Crippen LogP contribution in [0.2, 0.25) is 0 Å². The number of amides is 1. The summed E-state index contributed by atoms with van der Waals surface area (Å²) in [5.74, 6) is -1.86. The van der Waals surface area contributed by atoms with Crippen molar-refractivity contribution in [1.29, 1.82) is 0 Å². The molecule has 1 aliphatic rings. The van der Waals surface area contributed by atoms with Gasteiger partial charge in [0.15, 0.2) is 0 Å². The lowest BCUT2D eigenvalue weighted by molar-refractivity contribution is -0.114. The number of Topliss-reactive ketones (excluding diaryl/α,β-unsaturated/α-hetero) is 1. The van der Waals surface area contributed by atoms with E-state index in [2.05, 4.69) is 15.9 Å². The minimum Gasteiger partial charge on any atom is -0.380 e. The van der Waals surface area contributed by atoms with E-state index in [1.807, 2.05) is 6.92 Å². The maximum Gasteiger partial charge on any atom is 0.299 e. The molecule has 1 heterocycles. The van der Waals surface area contributed by atoms with Gasteiger partial charge in [-0.25, -0.2) is 4.39 Å². The Morgan fingerprint density at radius 2 is 2.05 bits per heavy atom. The summed E-state index contributed by atoms with van der Waals surface area (Å²) >= 11 is 3.19. The summed E-state index contributed by atoms with van der Waals surface area (Å²) in [5.41, 5.74) is 0.531. The first kappa shape index (κ1) is 14.1. The molecular weight excluding hydrogens is 317 g/mol. The van der Waals surface area contributed by atoms with Crippen molar-refractivity contribution in [3.8, 4) is 0 Å². The molecule has 0 N–H and O–H groups in total. The molecule has 4 nitrogen and oxygen atoms in total. The largest absolute Gasteiger partial charge is 0.380 e. The maximum absolute atomic E-state index is 13.3. The van der Waals surface area contributed by atoms with E-state index in [0.29, 0.717) is 23.4 Å². The Labute approximate surface area is 118 Å². The number of benzene rings is 1. The molecule has 0 fully saturated rings. The smallest absolute Gasteiger partial charge is 0.299 e. The summed E-state index contributed by atoms with van der Waals surface area (Å²) < 4.78 is 19.0. The molecule has 102 valence electrons. The molecule has 1 aliphatic heterocycles. The minimum absolute atomic E-state index is 0.104. The second-order valence-electron chi connectivity index (χ2n) is 4.18. The highest BCUT2D eigenvalue weighted by Crippen LogP contribution is 2.36. The van der Waals surface area contributed by atoms with Crippen LogP contribution in [0.1, 0.15) is 23.7 Å². The molecule has 1 aromatic carbocycles. The number of carbonyl (C=O) groups excluding carboxylic acids is 2. The quantitative estimate of drug-likeness (QED) is 0.616. The number of hydrogen-bond donors (Lipinski definition) is 0. The van der Waals surface area contributed by atoms with Crippen LogP contribution in [-0.2, 0) is 9.53 Å². The van der Waals surface area contributed by atoms with Gasteiger partial charge in [-0.05, 0) is 34.5 Å². The first-order valence-corrected chi connectivity index (χ1v) is 6.78. The van der Waals surface area contributed by atoms with Crippen molar-refractivity contribution in [2.45, 2.75) is 13.3 Å². The number of ketones is 1. The molecule has 1 amide bonds. The van der Waals surface area contributed by atoms with Crippen molar-refractivity contribution in [3.63, 3.8) is 0 Å². The number of anilines is 1. The molecule has 0 aromatic heterocycles. The molecule has 1 aromatic rings. The summed E-state index contributed by atoms with van der Waals surface area (Å²) in [4.78, 5) is 25.0. The highest BCUT2D eigenvalue weighted by Gasteiger charge is 2.37. The standard InChI is InChI=1S/C13H13BrFNO3/c1-2-4-19-5-3-16-11-9(12(17)13(16)18)6-8(15)7-10(11)14/h6-7H,2-5H2,1H3. The maximum atomic E-state index is 13.3. The van der Waals surface area contributed by atoms with Crippen LogP contribution in [0.4, 0.5) is 10.1 Å². The molecule has 0 saturated carbocycles. The van der Waals surface area contributed by atoms with E-state index in [0.717, 1.165) is 12.5 Å². The van der Waals surface area contributed by atoms with Gasteiger partial charge in [0.2, 0.25) is 0 Å². The third-order valence-corrected chi connectivity index (χ3v) is 3.39. The second-order valence-corrected chi connectivity index (χ2v) is 5.04. The fourth-order valence-corrected chi connectivity index (χ4v) is 2.61. The lowest BCUT2D eigenvalue weighted by Crippen LogP contribution is -2.33. The lowest BCUT2D eigenvalue weighted by Gasteiger charge is -2.17. The van der Waals surface area contributed by atoms with Crippen molar-refractivity contribution in [3.05, 3.63) is 28.0 Å². The lowest BCUT2D eigenvalue weighted by atomic mass is 10.1. The molecular formula is C13H13BrFNO3. The normalized spacial score (nSPS) is 14.2. The van der Waals surface area contributed by atoms with Crippen LogP contribution < -0.4 is 4.90 Å². The highest BCUT2D eigenvalue weighted by atomic mass is 79.9. The topological polar surface area (TPSA) is 46.6 Å². The number of carbonyl (C=O) groups is 2. The Balaban J connectivity index is 2.23. The van der Waals surface area contributed by atoms with Crippen LogP contribution in [0.5, 0.6) is 0 Å². The summed E-state index contributed by atoms with van der Waals surface area (Å²) in [6.45, 7) is 3.21. The van der Waals surface area contributed by atoms with Gasteiger partial charge < -0.3 is 9.64 Å². The van der Waals surface area contributed by atoms with E-state index in [9.17, 15) is 14.0 Å². The van der Waals surface area contributed by atoms with Gasteiger partial charge in [-0.1, -0.05) is 6.92 Å². The highest BCUT2D eigenvalue weighted by molar-refractivity contribution is 9.10. The van der Waals surface area contributed by atoms with Crippen LogP contribution in [0, 0.1) is 5.82 Å². The number of hydrogen-bond acceptors (Lipinski definition) is 3. The molecule has 0 atom stereocenters. The fourth-order valence-electron chi connectivity index (χ4n) is 1.97. The molecule has 19 heavy (non-hydrogen) atoms. The number of ether oxygens (including phenoxy) is 1. The van der Waals surface area contributed by atoms with Crippen molar-refractivity contribution in [2.24, 2.45) is 0 Å².